The highest BCUT2D eigenvalue weighted by Gasteiger charge is 2.76. The number of alkyl halides is 3. The zero-order valence-corrected chi connectivity index (χ0v) is 34.1. The van der Waals surface area contributed by atoms with Crippen LogP contribution < -0.4 is 14.5 Å². The molecule has 0 bridgehead atoms. The van der Waals surface area contributed by atoms with Gasteiger partial charge < -0.3 is 14.7 Å². The Hall–Kier alpha value is -3.30. The largest absolute Gasteiger partial charge is 0.503 e. The fraction of sp³-hybridized carbons (Fsp3) is 0.333. The fourth-order valence-corrected chi connectivity index (χ4v) is 10.3. The highest BCUT2D eigenvalue weighted by Crippen LogP contribution is 2.67. The van der Waals surface area contributed by atoms with Gasteiger partial charge in [0.2, 0.25) is 11.8 Å². The van der Waals surface area contributed by atoms with Crippen molar-refractivity contribution in [2.45, 2.75) is 28.5 Å². The molecule has 52 heavy (non-hydrogen) atoms. The maximum Gasteiger partial charge on any atom is 0.254 e. The van der Waals surface area contributed by atoms with Gasteiger partial charge in [0.05, 0.1) is 45.9 Å². The van der Waals surface area contributed by atoms with E-state index in [9.17, 15) is 24.3 Å². The van der Waals surface area contributed by atoms with Crippen LogP contribution in [-0.2, 0) is 19.2 Å². The molecule has 6 atom stereocenters. The van der Waals surface area contributed by atoms with Gasteiger partial charge in [-0.25, -0.2) is 0 Å². The van der Waals surface area contributed by atoms with Gasteiger partial charge in [0.25, 0.3) is 11.8 Å². The first-order valence-corrected chi connectivity index (χ1v) is 19.6. The molecule has 7 rings (SSSR count). The third-order valence-corrected chi connectivity index (χ3v) is 14.5. The second-order valence-corrected chi connectivity index (χ2v) is 16.6. The first-order chi connectivity index (χ1) is 24.7. The van der Waals surface area contributed by atoms with Crippen LogP contribution in [0, 0.1) is 17.8 Å². The van der Waals surface area contributed by atoms with Gasteiger partial charge in [0.1, 0.15) is 0 Å². The summed E-state index contributed by atoms with van der Waals surface area (Å²) in [5.74, 6) is -5.77. The van der Waals surface area contributed by atoms with Crippen LogP contribution in [0.1, 0.15) is 24.3 Å². The number of halogens is 5. The van der Waals surface area contributed by atoms with Gasteiger partial charge in [-0.3, -0.25) is 29.0 Å². The number of amides is 4. The molecule has 0 aromatic heterocycles. The number of rotatable bonds is 7. The van der Waals surface area contributed by atoms with Crippen LogP contribution in [0.2, 0.25) is 0 Å². The number of fused-ring (bicyclic) bond motifs is 4. The van der Waals surface area contributed by atoms with Crippen LogP contribution in [0.25, 0.3) is 0 Å². The fourth-order valence-electron chi connectivity index (χ4n) is 7.93. The van der Waals surface area contributed by atoms with Gasteiger partial charge >= 0.3 is 0 Å². The highest BCUT2D eigenvalue weighted by atomic mass is 79.9. The number of carbonyl (C=O) groups excluding carboxylic acids is 4. The number of ether oxygens (including phenoxy) is 1. The number of likely N-dealkylation sites (tertiary alicyclic amines) is 1. The molecule has 4 amide bonds. The summed E-state index contributed by atoms with van der Waals surface area (Å²) in [4.78, 5) is 56.7. The maximum absolute atomic E-state index is 14.4. The number of azo groups is 1. The number of phenols is 1. The number of hydrogen-bond acceptors (Lipinski definition) is 9. The Morgan fingerprint density at radius 2 is 1.54 bits per heavy atom. The lowest BCUT2D eigenvalue weighted by Crippen LogP contribution is -2.60. The molecule has 3 aromatic rings. The van der Waals surface area contributed by atoms with Crippen molar-refractivity contribution in [2.75, 3.05) is 36.5 Å². The highest BCUT2D eigenvalue weighted by molar-refractivity contribution is 9.13. The topological polar surface area (TPSA) is 132 Å². The average Bonchev–Trinajstić information content (AvgIpc) is 3.47. The molecule has 2 heterocycles. The predicted molar refractivity (Wildman–Crippen MR) is 207 cm³/mol. The van der Waals surface area contributed by atoms with Crippen molar-refractivity contribution >= 4 is 117 Å². The molecular formula is C36H30Br3Cl2N5O6. The average molecular weight is 939 g/mol. The SMILES string of the molecule is COc1cc(C2C3=CCC4C(=O)N(c5ccc(N=Nc6ccc(N(C)C)cc6)cc5)C(=O)C4C3CC3(Cl)C(=O)N(CBr)C(=O)C23Cl)c(Br)c(Br)c1O. The first kappa shape index (κ1) is 37.0. The van der Waals surface area contributed by atoms with Crippen LogP contribution >= 0.6 is 71.0 Å². The lowest BCUT2D eigenvalue weighted by atomic mass is 9.56. The van der Waals surface area contributed by atoms with E-state index in [-0.39, 0.29) is 40.2 Å². The Labute approximate surface area is 334 Å². The first-order valence-electron chi connectivity index (χ1n) is 16.1. The molecule has 4 aliphatic rings. The van der Waals surface area contributed by atoms with Gasteiger partial charge in [-0.15, -0.1) is 23.2 Å². The second kappa shape index (κ2) is 13.5. The Balaban J connectivity index is 1.26. The minimum absolute atomic E-state index is 0.0829. The van der Waals surface area contributed by atoms with Gasteiger partial charge in [-0.1, -0.05) is 27.6 Å². The Kier molecular flexibility index (Phi) is 9.63. The monoisotopic (exact) mass is 935 g/mol. The lowest BCUT2D eigenvalue weighted by Gasteiger charge is -2.51. The minimum atomic E-state index is -2.03. The molecule has 2 saturated heterocycles. The Morgan fingerprint density at radius 1 is 0.923 bits per heavy atom. The number of benzene rings is 3. The van der Waals surface area contributed by atoms with E-state index in [2.05, 4.69) is 58.0 Å². The number of nitrogens with zero attached hydrogens (tertiary/aromatic N) is 5. The van der Waals surface area contributed by atoms with E-state index in [0.717, 1.165) is 10.6 Å². The third-order valence-electron chi connectivity index (χ3n) is 10.5. The van der Waals surface area contributed by atoms with Crippen LogP contribution in [0.4, 0.5) is 22.7 Å². The summed E-state index contributed by atoms with van der Waals surface area (Å²) in [5.41, 5.74) is 3.45. The smallest absolute Gasteiger partial charge is 0.254 e. The summed E-state index contributed by atoms with van der Waals surface area (Å²) in [6.07, 6.45) is 1.87. The summed E-state index contributed by atoms with van der Waals surface area (Å²) in [5, 5.41) is 19.4. The van der Waals surface area contributed by atoms with Crippen LogP contribution in [-0.4, -0.2) is 70.0 Å². The minimum Gasteiger partial charge on any atom is -0.503 e. The van der Waals surface area contributed by atoms with Crippen molar-refractivity contribution in [3.05, 3.63) is 80.8 Å². The van der Waals surface area contributed by atoms with Crippen LogP contribution in [0.3, 0.4) is 0 Å². The van der Waals surface area contributed by atoms with Gasteiger partial charge in [0.15, 0.2) is 21.2 Å². The van der Waals surface area contributed by atoms with Crippen molar-refractivity contribution < 1.29 is 29.0 Å². The summed E-state index contributed by atoms with van der Waals surface area (Å²) in [6.45, 7) is 0. The molecule has 1 N–H and O–H groups in total. The van der Waals surface area contributed by atoms with Crippen molar-refractivity contribution in [3.63, 3.8) is 0 Å². The molecular weight excluding hydrogens is 909 g/mol. The van der Waals surface area contributed by atoms with Gasteiger partial charge in [0, 0.05) is 30.2 Å². The Bertz CT molecular complexity index is 2100. The van der Waals surface area contributed by atoms with Gasteiger partial charge in [-0.05, 0) is 111 Å². The number of aromatic hydroxyl groups is 1. The maximum atomic E-state index is 14.4. The second-order valence-electron chi connectivity index (χ2n) is 13.3. The number of anilines is 2. The molecule has 3 aromatic carbocycles. The molecule has 2 aliphatic heterocycles. The standard InChI is InChI=1S/C36H30Br3Cl2N5O6/c1-44(2)19-8-4-17(5-9-19)42-43-18-6-10-20(11-7-18)46-31(48)22-13-12-21-24(26(22)32(46)49)15-35(40)33(50)45(16-37)34(51)36(35,41)27(21)23-14-25(52-3)30(47)29(39)28(23)38/h4-12,14,22,24,26-27,47H,13,15-16H2,1-3H3. The van der Waals surface area contributed by atoms with E-state index < -0.39 is 51.1 Å². The molecule has 3 fully saturated rings. The quantitative estimate of drug-likeness (QED) is 0.0829. The van der Waals surface area contributed by atoms with E-state index >= 15 is 0 Å². The predicted octanol–water partition coefficient (Wildman–Crippen LogP) is 8.32. The number of allylic oxidation sites excluding steroid dienone is 2. The normalized spacial score (nSPS) is 28.3. The van der Waals surface area contributed by atoms with Crippen molar-refractivity contribution in [1.82, 2.24) is 4.90 Å². The molecule has 11 nitrogen and oxygen atoms in total. The molecule has 1 saturated carbocycles. The van der Waals surface area contributed by atoms with Gasteiger partial charge in [-0.2, -0.15) is 10.2 Å². The number of imide groups is 2. The molecule has 6 unspecified atom stereocenters. The van der Waals surface area contributed by atoms with Crippen LogP contribution in [0.5, 0.6) is 11.5 Å². The van der Waals surface area contributed by atoms with Crippen molar-refractivity contribution in [3.8, 4) is 11.5 Å². The summed E-state index contributed by atoms with van der Waals surface area (Å²) in [7, 11) is 5.28. The van der Waals surface area contributed by atoms with E-state index in [0.29, 0.717) is 32.7 Å². The van der Waals surface area contributed by atoms with Crippen molar-refractivity contribution in [2.24, 2.45) is 28.0 Å². The molecule has 16 heteroatoms. The van der Waals surface area contributed by atoms with E-state index in [1.807, 2.05) is 49.3 Å². The van der Waals surface area contributed by atoms with E-state index in [4.69, 9.17) is 27.9 Å². The molecule has 270 valence electrons. The molecule has 0 spiro atoms. The van der Waals surface area contributed by atoms with Crippen molar-refractivity contribution in [1.29, 1.82) is 0 Å². The van der Waals surface area contributed by atoms with E-state index in [1.165, 1.54) is 18.1 Å². The lowest BCUT2D eigenvalue weighted by molar-refractivity contribution is -0.138. The number of phenolic OH excluding ortho intramolecular Hbond substituents is 1. The Morgan fingerprint density at radius 3 is 2.12 bits per heavy atom. The van der Waals surface area contributed by atoms with E-state index in [1.54, 1.807) is 24.3 Å². The number of methoxy groups -OCH3 is 1. The summed E-state index contributed by atoms with van der Waals surface area (Å²) < 4.78 is 6.03. The van der Waals surface area contributed by atoms with Crippen LogP contribution in [0.15, 0.2) is 85.4 Å². The summed E-state index contributed by atoms with van der Waals surface area (Å²) in [6, 6.07) is 15.8. The zero-order valence-electron chi connectivity index (χ0n) is 27.8. The zero-order chi connectivity index (χ0) is 37.4. The number of hydrogen-bond donors (Lipinski definition) is 1. The summed E-state index contributed by atoms with van der Waals surface area (Å²) >= 11 is 24.9. The number of carbonyl (C=O) groups is 4. The molecule has 0 radical (unpaired) electrons. The third kappa shape index (κ3) is 5.38. The molecule has 2 aliphatic carbocycles.